The van der Waals surface area contributed by atoms with Crippen molar-refractivity contribution in [2.45, 2.75) is 0 Å². The Morgan fingerprint density at radius 1 is 0.536 bits per heavy atom. The minimum absolute atomic E-state index is 0.161. The molecule has 136 valence electrons. The first-order valence-corrected chi connectivity index (χ1v) is 8.69. The van der Waals surface area contributed by atoms with Gasteiger partial charge in [-0.1, -0.05) is 84.9 Å². The van der Waals surface area contributed by atoms with Crippen molar-refractivity contribution in [3.05, 3.63) is 84.9 Å². The van der Waals surface area contributed by atoms with Crippen molar-refractivity contribution in [1.82, 2.24) is 15.0 Å². The Hall–Kier alpha value is -3.55. The van der Waals surface area contributed by atoms with E-state index in [1.54, 1.807) is 0 Å². The summed E-state index contributed by atoms with van der Waals surface area (Å²) in [5.74, 6) is 0.762. The van der Waals surface area contributed by atoms with Crippen molar-refractivity contribution < 1.29 is 14.7 Å². The van der Waals surface area contributed by atoms with Crippen molar-refractivity contribution in [2.24, 2.45) is 0 Å². The predicted octanol–water partition coefficient (Wildman–Crippen LogP) is 3.22. The second-order valence-corrected chi connectivity index (χ2v) is 6.02. The molecule has 0 spiro atoms. The lowest BCUT2D eigenvalue weighted by atomic mass is 10.0. The maximum absolute atomic E-state index is 9.12. The maximum atomic E-state index is 9.12. The van der Waals surface area contributed by atoms with Crippen LogP contribution in [0.3, 0.4) is 0 Å². The summed E-state index contributed by atoms with van der Waals surface area (Å²) >= 11 is 0. The third-order valence-electron chi connectivity index (χ3n) is 4.11. The first-order chi connectivity index (χ1) is 13.7. The van der Waals surface area contributed by atoms with Crippen LogP contribution in [0, 0.1) is 0 Å². The van der Waals surface area contributed by atoms with Crippen LogP contribution < -0.4 is 4.65 Å². The van der Waals surface area contributed by atoms with Gasteiger partial charge in [0, 0.05) is 11.1 Å². The lowest BCUT2D eigenvalue weighted by Crippen LogP contribution is -2.22. The van der Waals surface area contributed by atoms with E-state index in [2.05, 4.69) is 15.0 Å². The van der Waals surface area contributed by atoms with Crippen molar-refractivity contribution in [3.8, 4) is 39.9 Å². The van der Waals surface area contributed by atoms with E-state index >= 15 is 0 Å². The molecule has 0 aliphatic rings. The van der Waals surface area contributed by atoms with E-state index in [9.17, 15) is 0 Å². The number of benzene rings is 3. The van der Waals surface area contributed by atoms with Gasteiger partial charge in [0.25, 0.3) is 0 Å². The quantitative estimate of drug-likeness (QED) is 0.525. The Balaban J connectivity index is 1.74. The van der Waals surface area contributed by atoms with Crippen LogP contribution in [0.4, 0.5) is 0 Å². The second kappa shape index (κ2) is 8.00. The highest BCUT2D eigenvalue weighted by molar-refractivity contribution is 6.33. The Morgan fingerprint density at radius 2 is 0.964 bits per heavy atom. The Morgan fingerprint density at radius 3 is 1.50 bits per heavy atom. The molecule has 0 saturated carbocycles. The van der Waals surface area contributed by atoms with Crippen LogP contribution in [0.1, 0.15) is 0 Å². The summed E-state index contributed by atoms with van der Waals surface area (Å²) in [4.78, 5) is 12.9. The van der Waals surface area contributed by atoms with Crippen LogP contribution in [0.5, 0.6) is 6.01 Å². The molecule has 0 aliphatic heterocycles. The summed E-state index contributed by atoms with van der Waals surface area (Å²) in [6.45, 7) is 0. The van der Waals surface area contributed by atoms with E-state index in [1.807, 2.05) is 84.9 Å². The minimum Gasteiger partial charge on any atom is -0.483 e. The largest absolute Gasteiger partial charge is 0.709 e. The van der Waals surface area contributed by atoms with Crippen LogP contribution in [0.15, 0.2) is 84.9 Å². The molecular formula is C21H16BN3O3. The molecule has 0 fully saturated rings. The summed E-state index contributed by atoms with van der Waals surface area (Å²) in [5, 5.41) is 18.2. The zero-order valence-corrected chi connectivity index (χ0v) is 14.8. The number of hydrogen-bond donors (Lipinski definition) is 2. The third-order valence-corrected chi connectivity index (χ3v) is 4.11. The topological polar surface area (TPSA) is 88.4 Å². The fraction of sp³-hybridized carbons (Fsp3) is 0. The Kier molecular flexibility index (Phi) is 5.10. The normalized spacial score (nSPS) is 10.5. The molecule has 0 saturated heterocycles. The third kappa shape index (κ3) is 4.06. The number of hydrogen-bond acceptors (Lipinski definition) is 6. The smallest absolute Gasteiger partial charge is 0.483 e. The Bertz CT molecular complexity index is 1060. The zero-order chi connectivity index (χ0) is 19.3. The second-order valence-electron chi connectivity index (χ2n) is 6.02. The van der Waals surface area contributed by atoms with Crippen LogP contribution in [-0.4, -0.2) is 32.3 Å². The minimum atomic E-state index is -2.01. The summed E-state index contributed by atoms with van der Waals surface area (Å²) in [6, 6.07) is 27.0. The van der Waals surface area contributed by atoms with Crippen molar-refractivity contribution >= 4 is 7.32 Å². The summed E-state index contributed by atoms with van der Waals surface area (Å²) in [6.07, 6.45) is 0. The molecule has 0 bridgehead atoms. The van der Waals surface area contributed by atoms with Gasteiger partial charge in [-0.2, -0.15) is 9.97 Å². The van der Waals surface area contributed by atoms with Gasteiger partial charge in [0.1, 0.15) is 0 Å². The van der Waals surface area contributed by atoms with E-state index in [0.29, 0.717) is 11.6 Å². The van der Waals surface area contributed by atoms with Crippen molar-refractivity contribution in [2.75, 3.05) is 0 Å². The molecule has 6 nitrogen and oxygen atoms in total. The van der Waals surface area contributed by atoms with Crippen LogP contribution in [0.25, 0.3) is 33.9 Å². The molecule has 28 heavy (non-hydrogen) atoms. The molecule has 0 aliphatic carbocycles. The fourth-order valence-electron chi connectivity index (χ4n) is 2.79. The average Bonchev–Trinajstić information content (AvgIpc) is 2.74. The molecule has 0 amide bonds. The lowest BCUT2D eigenvalue weighted by Gasteiger charge is -2.09. The number of aromatic nitrogens is 3. The highest BCUT2D eigenvalue weighted by Gasteiger charge is 2.17. The van der Waals surface area contributed by atoms with E-state index in [0.717, 1.165) is 22.3 Å². The fourth-order valence-corrected chi connectivity index (χ4v) is 2.79. The van der Waals surface area contributed by atoms with Gasteiger partial charge in [-0.3, -0.25) is 0 Å². The molecule has 1 heterocycles. The van der Waals surface area contributed by atoms with Crippen LogP contribution >= 0.6 is 0 Å². The van der Waals surface area contributed by atoms with E-state index < -0.39 is 7.32 Å². The summed E-state index contributed by atoms with van der Waals surface area (Å²) in [5.41, 5.74) is 3.71. The van der Waals surface area contributed by atoms with Gasteiger partial charge >= 0.3 is 13.3 Å². The SMILES string of the molecule is OB(O)Oc1nc(-c2ccccc2)nc(-c2ccc(-c3ccccc3)cc2)n1. The predicted molar refractivity (Wildman–Crippen MR) is 107 cm³/mol. The van der Waals surface area contributed by atoms with E-state index in [-0.39, 0.29) is 6.01 Å². The van der Waals surface area contributed by atoms with Gasteiger partial charge < -0.3 is 14.7 Å². The lowest BCUT2D eigenvalue weighted by molar-refractivity contribution is 0.278. The number of nitrogens with zero attached hydrogens (tertiary/aromatic N) is 3. The van der Waals surface area contributed by atoms with Gasteiger partial charge in [-0.15, -0.1) is 0 Å². The summed E-state index contributed by atoms with van der Waals surface area (Å²) in [7, 11) is -2.01. The van der Waals surface area contributed by atoms with Gasteiger partial charge in [0.15, 0.2) is 11.6 Å². The van der Waals surface area contributed by atoms with Gasteiger partial charge in [-0.25, -0.2) is 4.98 Å². The first-order valence-electron chi connectivity index (χ1n) is 8.69. The molecule has 0 radical (unpaired) electrons. The maximum Gasteiger partial charge on any atom is 0.709 e. The highest BCUT2D eigenvalue weighted by atomic mass is 16.6. The zero-order valence-electron chi connectivity index (χ0n) is 14.8. The molecule has 1 aromatic heterocycles. The monoisotopic (exact) mass is 369 g/mol. The first kappa shape index (κ1) is 17.8. The molecule has 0 atom stereocenters. The Labute approximate surface area is 162 Å². The van der Waals surface area contributed by atoms with Gasteiger partial charge in [0.05, 0.1) is 0 Å². The number of rotatable bonds is 5. The highest BCUT2D eigenvalue weighted by Crippen LogP contribution is 2.25. The van der Waals surface area contributed by atoms with Gasteiger partial charge in [0.2, 0.25) is 0 Å². The molecule has 0 unspecified atom stereocenters. The van der Waals surface area contributed by atoms with E-state index in [4.69, 9.17) is 14.7 Å². The van der Waals surface area contributed by atoms with Crippen molar-refractivity contribution in [3.63, 3.8) is 0 Å². The summed E-state index contributed by atoms with van der Waals surface area (Å²) < 4.78 is 4.88. The van der Waals surface area contributed by atoms with Gasteiger partial charge in [-0.05, 0) is 11.1 Å². The molecule has 3 aromatic carbocycles. The van der Waals surface area contributed by atoms with Crippen molar-refractivity contribution in [1.29, 1.82) is 0 Å². The standard InChI is InChI=1S/C21H16BN3O3/c26-22(27)28-21-24-19(17-9-5-2-6-10-17)23-20(25-21)18-13-11-16(12-14-18)15-7-3-1-4-8-15/h1-14,26-27H. The molecule has 4 aromatic rings. The van der Waals surface area contributed by atoms with Crippen LogP contribution in [0.2, 0.25) is 0 Å². The van der Waals surface area contributed by atoms with Crippen LogP contribution in [-0.2, 0) is 0 Å². The molecule has 2 N–H and O–H groups in total. The molecule has 7 heteroatoms. The average molecular weight is 369 g/mol. The molecular weight excluding hydrogens is 353 g/mol. The molecule has 4 rings (SSSR count). The van der Waals surface area contributed by atoms with E-state index in [1.165, 1.54) is 0 Å².